The molecule has 0 saturated heterocycles. The molecule has 0 spiro atoms. The molecular weight excluding hydrogens is 176 g/mol. The molecule has 72 valence electrons. The summed E-state index contributed by atoms with van der Waals surface area (Å²) in [6.07, 6.45) is 0.386. The zero-order valence-electron chi connectivity index (χ0n) is 7.46. The van der Waals surface area contributed by atoms with Crippen LogP contribution in [0.5, 0.6) is 0 Å². The van der Waals surface area contributed by atoms with E-state index in [1.165, 1.54) is 14.2 Å². The normalized spacial score (nSPS) is 15.2. The average Bonchev–Trinajstić information content (AvgIpc) is 2.63. The predicted octanol–water partition coefficient (Wildman–Crippen LogP) is 0.00680. The molecule has 1 rings (SSSR count). The molecule has 1 heterocycles. The maximum absolute atomic E-state index is 11.1. The lowest BCUT2D eigenvalue weighted by molar-refractivity contribution is -0.141. The molecular formula is C8H10O5. The highest BCUT2D eigenvalue weighted by Gasteiger charge is 2.28. The van der Waals surface area contributed by atoms with Crippen LogP contribution in [-0.4, -0.2) is 32.8 Å². The van der Waals surface area contributed by atoms with Gasteiger partial charge in [0.15, 0.2) is 0 Å². The van der Waals surface area contributed by atoms with Crippen molar-refractivity contribution in [1.82, 2.24) is 0 Å². The Hall–Kier alpha value is -1.52. The van der Waals surface area contributed by atoms with Crippen LogP contribution < -0.4 is 0 Å². The number of methoxy groups -OCH3 is 2. The average molecular weight is 186 g/mol. The number of carbonyl (C=O) groups excluding carboxylic acids is 2. The van der Waals surface area contributed by atoms with Crippen LogP contribution in [0.2, 0.25) is 0 Å². The molecule has 13 heavy (non-hydrogen) atoms. The lowest BCUT2D eigenvalue weighted by Crippen LogP contribution is -2.11. The maximum Gasteiger partial charge on any atom is 0.373 e. The standard InChI is InChI=1S/C8H10O5/c1-11-7(9)5-3-4-13-6(5)8(10)12-2/h3-4H2,1-2H3. The van der Waals surface area contributed by atoms with Gasteiger partial charge in [-0.05, 0) is 0 Å². The summed E-state index contributed by atoms with van der Waals surface area (Å²) in [5.41, 5.74) is 0.245. The lowest BCUT2D eigenvalue weighted by atomic mass is 10.2. The molecule has 1 aliphatic heterocycles. The summed E-state index contributed by atoms with van der Waals surface area (Å²) < 4.78 is 13.8. The quantitative estimate of drug-likeness (QED) is 0.568. The molecule has 0 radical (unpaired) electrons. The van der Waals surface area contributed by atoms with Crippen LogP contribution in [-0.2, 0) is 23.8 Å². The van der Waals surface area contributed by atoms with Gasteiger partial charge in [0.2, 0.25) is 5.76 Å². The van der Waals surface area contributed by atoms with Crippen molar-refractivity contribution in [2.45, 2.75) is 6.42 Å². The van der Waals surface area contributed by atoms with E-state index in [1.54, 1.807) is 0 Å². The summed E-state index contributed by atoms with van der Waals surface area (Å²) in [7, 11) is 2.48. The third-order valence-corrected chi connectivity index (χ3v) is 1.68. The van der Waals surface area contributed by atoms with Crippen LogP contribution in [0, 0.1) is 0 Å². The van der Waals surface area contributed by atoms with Crippen molar-refractivity contribution in [2.75, 3.05) is 20.8 Å². The van der Waals surface area contributed by atoms with E-state index in [0.29, 0.717) is 13.0 Å². The van der Waals surface area contributed by atoms with Gasteiger partial charge in [0.1, 0.15) is 0 Å². The molecule has 0 atom stereocenters. The molecule has 0 N–H and O–H groups in total. The third-order valence-electron chi connectivity index (χ3n) is 1.68. The molecule has 0 bridgehead atoms. The van der Waals surface area contributed by atoms with Gasteiger partial charge in [-0.25, -0.2) is 9.59 Å². The van der Waals surface area contributed by atoms with Gasteiger partial charge in [-0.3, -0.25) is 0 Å². The van der Waals surface area contributed by atoms with E-state index in [9.17, 15) is 9.59 Å². The van der Waals surface area contributed by atoms with Crippen LogP contribution in [0.4, 0.5) is 0 Å². The smallest absolute Gasteiger partial charge is 0.373 e. The first-order chi connectivity index (χ1) is 6.20. The maximum atomic E-state index is 11.1. The SMILES string of the molecule is COC(=O)C1=C(C(=O)OC)OCC1. The first-order valence-electron chi connectivity index (χ1n) is 3.73. The second kappa shape index (κ2) is 3.93. The van der Waals surface area contributed by atoms with Crippen LogP contribution in [0.1, 0.15) is 6.42 Å². The summed E-state index contributed by atoms with van der Waals surface area (Å²) in [6, 6.07) is 0. The van der Waals surface area contributed by atoms with E-state index in [4.69, 9.17) is 4.74 Å². The number of hydrogen-bond donors (Lipinski definition) is 0. The Kier molecular flexibility index (Phi) is 2.89. The van der Waals surface area contributed by atoms with Crippen LogP contribution in [0.3, 0.4) is 0 Å². The van der Waals surface area contributed by atoms with Gasteiger partial charge in [0, 0.05) is 6.42 Å². The van der Waals surface area contributed by atoms with Crippen molar-refractivity contribution in [3.8, 4) is 0 Å². The largest absolute Gasteiger partial charge is 0.486 e. The van der Waals surface area contributed by atoms with Gasteiger partial charge < -0.3 is 14.2 Å². The number of carbonyl (C=O) groups is 2. The number of hydrogen-bond acceptors (Lipinski definition) is 5. The highest BCUT2D eigenvalue weighted by Crippen LogP contribution is 2.20. The van der Waals surface area contributed by atoms with E-state index in [2.05, 4.69) is 9.47 Å². The molecule has 5 nitrogen and oxygen atoms in total. The first-order valence-corrected chi connectivity index (χ1v) is 3.73. The monoisotopic (exact) mass is 186 g/mol. The first kappa shape index (κ1) is 9.57. The van der Waals surface area contributed by atoms with E-state index in [0.717, 1.165) is 0 Å². The van der Waals surface area contributed by atoms with Crippen LogP contribution in [0.15, 0.2) is 11.3 Å². The fourth-order valence-corrected chi connectivity index (χ4v) is 1.05. The Morgan fingerprint density at radius 1 is 1.23 bits per heavy atom. The molecule has 0 aromatic rings. The summed E-state index contributed by atoms with van der Waals surface area (Å²) in [4.78, 5) is 22.1. The minimum atomic E-state index is -0.641. The summed E-state index contributed by atoms with van der Waals surface area (Å²) in [6.45, 7) is 0.314. The van der Waals surface area contributed by atoms with Crippen LogP contribution >= 0.6 is 0 Å². The Morgan fingerprint density at radius 3 is 2.38 bits per heavy atom. The Balaban J connectivity index is 2.89. The predicted molar refractivity (Wildman–Crippen MR) is 41.6 cm³/mol. The molecule has 1 aliphatic rings. The van der Waals surface area contributed by atoms with E-state index >= 15 is 0 Å². The van der Waals surface area contributed by atoms with E-state index in [1.807, 2.05) is 0 Å². The van der Waals surface area contributed by atoms with Crippen molar-refractivity contribution in [2.24, 2.45) is 0 Å². The number of ether oxygens (including phenoxy) is 3. The zero-order chi connectivity index (χ0) is 9.84. The summed E-state index contributed by atoms with van der Waals surface area (Å²) in [5, 5.41) is 0. The van der Waals surface area contributed by atoms with Gasteiger partial charge in [-0.15, -0.1) is 0 Å². The van der Waals surface area contributed by atoms with Gasteiger partial charge in [0.25, 0.3) is 0 Å². The van der Waals surface area contributed by atoms with Gasteiger partial charge >= 0.3 is 11.9 Å². The second-order valence-electron chi connectivity index (χ2n) is 2.39. The van der Waals surface area contributed by atoms with Crippen LogP contribution in [0.25, 0.3) is 0 Å². The Morgan fingerprint density at radius 2 is 1.85 bits per heavy atom. The van der Waals surface area contributed by atoms with E-state index < -0.39 is 11.9 Å². The third kappa shape index (κ3) is 1.80. The Bertz CT molecular complexity index is 240. The molecule has 5 heteroatoms. The molecule has 0 unspecified atom stereocenters. The molecule has 0 amide bonds. The highest BCUT2D eigenvalue weighted by molar-refractivity contribution is 5.99. The van der Waals surface area contributed by atoms with Gasteiger partial charge in [-0.2, -0.15) is 0 Å². The van der Waals surface area contributed by atoms with Crippen molar-refractivity contribution in [3.63, 3.8) is 0 Å². The highest BCUT2D eigenvalue weighted by atomic mass is 16.6. The number of esters is 2. The van der Waals surface area contributed by atoms with Crippen molar-refractivity contribution in [3.05, 3.63) is 11.3 Å². The zero-order valence-corrected chi connectivity index (χ0v) is 7.46. The van der Waals surface area contributed by atoms with E-state index in [-0.39, 0.29) is 11.3 Å². The lowest BCUT2D eigenvalue weighted by Gasteiger charge is -2.02. The molecule has 0 saturated carbocycles. The van der Waals surface area contributed by atoms with Crippen molar-refractivity contribution < 1.29 is 23.8 Å². The van der Waals surface area contributed by atoms with Gasteiger partial charge in [-0.1, -0.05) is 0 Å². The minimum Gasteiger partial charge on any atom is -0.486 e. The summed E-state index contributed by atoms with van der Waals surface area (Å²) in [5.74, 6) is -1.22. The van der Waals surface area contributed by atoms with Gasteiger partial charge in [0.05, 0.1) is 26.4 Å². The molecule has 0 aromatic heterocycles. The van der Waals surface area contributed by atoms with Crippen molar-refractivity contribution in [1.29, 1.82) is 0 Å². The molecule has 0 aliphatic carbocycles. The minimum absolute atomic E-state index is 0.0330. The fraction of sp³-hybridized carbons (Fsp3) is 0.500. The molecule has 0 fully saturated rings. The van der Waals surface area contributed by atoms with Crippen molar-refractivity contribution >= 4 is 11.9 Å². The molecule has 0 aromatic carbocycles. The summed E-state index contributed by atoms with van der Waals surface area (Å²) >= 11 is 0. The topological polar surface area (TPSA) is 61.8 Å². The number of rotatable bonds is 2. The Labute approximate surface area is 75.3 Å². The fourth-order valence-electron chi connectivity index (χ4n) is 1.05. The second-order valence-corrected chi connectivity index (χ2v) is 2.39.